The molecular weight excluding hydrogens is 155 g/mol. The quantitative estimate of drug-likeness (QED) is 0.384. The summed E-state index contributed by atoms with van der Waals surface area (Å²) in [5.41, 5.74) is 1.39. The summed E-state index contributed by atoms with van der Waals surface area (Å²) >= 11 is 0. The van der Waals surface area contributed by atoms with Crippen molar-refractivity contribution in [2.75, 3.05) is 0 Å². The highest BCUT2D eigenvalue weighted by molar-refractivity contribution is 6.34. The molecule has 0 aromatic heterocycles. The van der Waals surface area contributed by atoms with Gasteiger partial charge in [0, 0.05) is 0 Å². The first kappa shape index (κ1) is 12.8. The van der Waals surface area contributed by atoms with Gasteiger partial charge in [0.15, 0.2) is 0 Å². The molecule has 1 heteroatoms. The van der Waals surface area contributed by atoms with Crippen LogP contribution in [0.15, 0.2) is 12.2 Å². The smallest absolute Gasteiger partial charge is 0.101 e. The summed E-state index contributed by atoms with van der Waals surface area (Å²) in [7, 11) is 2.19. The predicted molar refractivity (Wildman–Crippen MR) is 63.5 cm³/mol. The van der Waals surface area contributed by atoms with Crippen LogP contribution in [0, 0.1) is 5.92 Å². The average Bonchev–Trinajstić information content (AvgIpc) is 2.05. The fourth-order valence-corrected chi connectivity index (χ4v) is 1.73. The van der Waals surface area contributed by atoms with E-state index in [1.54, 1.807) is 0 Å². The van der Waals surface area contributed by atoms with Crippen LogP contribution in [-0.2, 0) is 0 Å². The van der Waals surface area contributed by atoms with Crippen molar-refractivity contribution < 1.29 is 0 Å². The number of hydrogen-bond donors (Lipinski definition) is 0. The second kappa shape index (κ2) is 8.41. The SMILES string of the molecule is C=C(C[B]C)CCCC(C)CCC. The Kier molecular flexibility index (Phi) is 8.28. The van der Waals surface area contributed by atoms with Gasteiger partial charge < -0.3 is 0 Å². The molecule has 0 rings (SSSR count). The maximum Gasteiger partial charge on any atom is 0.111 e. The Hall–Kier alpha value is -0.195. The molecular formula is C12H24B. The van der Waals surface area contributed by atoms with Crippen molar-refractivity contribution in [1.82, 2.24) is 0 Å². The van der Waals surface area contributed by atoms with Crippen molar-refractivity contribution in [3.05, 3.63) is 12.2 Å². The number of hydrogen-bond acceptors (Lipinski definition) is 0. The Morgan fingerprint density at radius 3 is 2.62 bits per heavy atom. The van der Waals surface area contributed by atoms with Gasteiger partial charge in [-0.1, -0.05) is 51.8 Å². The summed E-state index contributed by atoms with van der Waals surface area (Å²) in [5.74, 6) is 0.906. The van der Waals surface area contributed by atoms with Gasteiger partial charge in [0.2, 0.25) is 0 Å². The summed E-state index contributed by atoms with van der Waals surface area (Å²) in [6, 6.07) is 0. The van der Waals surface area contributed by atoms with E-state index in [1.165, 1.54) is 37.7 Å². The molecule has 1 radical (unpaired) electrons. The van der Waals surface area contributed by atoms with Crippen LogP contribution in [0.25, 0.3) is 0 Å². The summed E-state index contributed by atoms with van der Waals surface area (Å²) in [5, 5.41) is 0. The third kappa shape index (κ3) is 8.14. The molecule has 0 aliphatic carbocycles. The molecule has 75 valence electrons. The van der Waals surface area contributed by atoms with Gasteiger partial charge in [-0.25, -0.2) is 0 Å². The standard InChI is InChI=1S/C12H24B/c1-5-7-11(2)8-6-9-12(3)10-13-4/h11H,3,5-10H2,1-2,4H3. The van der Waals surface area contributed by atoms with E-state index < -0.39 is 0 Å². The Balaban J connectivity index is 3.28. The van der Waals surface area contributed by atoms with Crippen LogP contribution in [0.3, 0.4) is 0 Å². The number of rotatable bonds is 8. The Morgan fingerprint density at radius 2 is 2.08 bits per heavy atom. The van der Waals surface area contributed by atoms with Gasteiger partial charge in [-0.15, -0.1) is 6.58 Å². The lowest BCUT2D eigenvalue weighted by atomic mass is 9.74. The molecule has 0 amide bonds. The molecule has 0 aromatic carbocycles. The molecule has 0 bridgehead atoms. The van der Waals surface area contributed by atoms with Crippen LogP contribution in [0.5, 0.6) is 0 Å². The molecule has 1 atom stereocenters. The molecule has 1 unspecified atom stereocenters. The van der Waals surface area contributed by atoms with E-state index >= 15 is 0 Å². The van der Waals surface area contributed by atoms with Crippen molar-refractivity contribution in [1.29, 1.82) is 0 Å². The summed E-state index contributed by atoms with van der Waals surface area (Å²) < 4.78 is 0. The Morgan fingerprint density at radius 1 is 1.38 bits per heavy atom. The van der Waals surface area contributed by atoms with Gasteiger partial charge in [-0.2, -0.15) is 0 Å². The lowest BCUT2D eigenvalue weighted by Gasteiger charge is -2.09. The molecule has 0 spiro atoms. The van der Waals surface area contributed by atoms with Crippen molar-refractivity contribution in [3.63, 3.8) is 0 Å². The van der Waals surface area contributed by atoms with E-state index in [9.17, 15) is 0 Å². The molecule has 0 heterocycles. The van der Waals surface area contributed by atoms with E-state index in [0.717, 1.165) is 12.2 Å². The van der Waals surface area contributed by atoms with Gasteiger partial charge in [-0.05, 0) is 18.8 Å². The van der Waals surface area contributed by atoms with Gasteiger partial charge in [0.25, 0.3) is 0 Å². The minimum atomic E-state index is 0.906. The molecule has 0 aliphatic heterocycles. The minimum Gasteiger partial charge on any atom is -0.101 e. The Bertz CT molecular complexity index is 129. The largest absolute Gasteiger partial charge is 0.111 e. The first-order valence-corrected chi connectivity index (χ1v) is 5.65. The highest BCUT2D eigenvalue weighted by Crippen LogP contribution is 2.16. The van der Waals surface area contributed by atoms with Gasteiger partial charge in [0.1, 0.15) is 7.28 Å². The zero-order valence-electron chi connectivity index (χ0n) is 9.60. The van der Waals surface area contributed by atoms with E-state index in [4.69, 9.17) is 0 Å². The molecule has 0 N–H and O–H groups in total. The van der Waals surface area contributed by atoms with Crippen LogP contribution < -0.4 is 0 Å². The third-order valence-corrected chi connectivity index (χ3v) is 2.50. The molecule has 0 fully saturated rings. The second-order valence-corrected chi connectivity index (χ2v) is 4.15. The lowest BCUT2D eigenvalue weighted by molar-refractivity contribution is 0.469. The van der Waals surface area contributed by atoms with Crippen LogP contribution in [-0.4, -0.2) is 7.28 Å². The molecule has 0 aliphatic rings. The third-order valence-electron chi connectivity index (χ3n) is 2.50. The summed E-state index contributed by atoms with van der Waals surface area (Å²) in [4.78, 5) is 0. The van der Waals surface area contributed by atoms with Gasteiger partial charge >= 0.3 is 0 Å². The van der Waals surface area contributed by atoms with E-state index in [1.807, 2.05) is 0 Å². The van der Waals surface area contributed by atoms with Crippen LogP contribution >= 0.6 is 0 Å². The first-order chi connectivity index (χ1) is 6.20. The van der Waals surface area contributed by atoms with Crippen LogP contribution in [0.1, 0.15) is 46.0 Å². The fourth-order valence-electron chi connectivity index (χ4n) is 1.73. The predicted octanol–water partition coefficient (Wildman–Crippen LogP) is 4.32. The van der Waals surface area contributed by atoms with Gasteiger partial charge in [0.05, 0.1) is 0 Å². The zero-order valence-corrected chi connectivity index (χ0v) is 9.60. The van der Waals surface area contributed by atoms with Crippen LogP contribution in [0.4, 0.5) is 0 Å². The Labute approximate surface area is 85.1 Å². The minimum absolute atomic E-state index is 0.906. The molecule has 0 aromatic rings. The van der Waals surface area contributed by atoms with E-state index in [0.29, 0.717) is 0 Å². The topological polar surface area (TPSA) is 0 Å². The maximum atomic E-state index is 4.06. The molecule has 0 saturated heterocycles. The highest BCUT2D eigenvalue weighted by Gasteiger charge is 2.00. The van der Waals surface area contributed by atoms with Crippen molar-refractivity contribution >= 4 is 7.28 Å². The van der Waals surface area contributed by atoms with E-state index in [-0.39, 0.29) is 0 Å². The average molecular weight is 179 g/mol. The van der Waals surface area contributed by atoms with E-state index in [2.05, 4.69) is 34.5 Å². The zero-order chi connectivity index (χ0) is 10.1. The lowest BCUT2D eigenvalue weighted by Crippen LogP contribution is -1.94. The molecule has 13 heavy (non-hydrogen) atoms. The van der Waals surface area contributed by atoms with Crippen molar-refractivity contribution in [2.45, 2.75) is 59.1 Å². The van der Waals surface area contributed by atoms with Gasteiger partial charge in [-0.3, -0.25) is 0 Å². The number of allylic oxidation sites excluding steroid dienone is 1. The first-order valence-electron chi connectivity index (χ1n) is 5.65. The monoisotopic (exact) mass is 179 g/mol. The normalized spacial score (nSPS) is 12.5. The van der Waals surface area contributed by atoms with Crippen molar-refractivity contribution in [2.24, 2.45) is 5.92 Å². The van der Waals surface area contributed by atoms with Crippen LogP contribution in [0.2, 0.25) is 13.1 Å². The molecule has 0 nitrogen and oxygen atoms in total. The second-order valence-electron chi connectivity index (χ2n) is 4.15. The summed E-state index contributed by atoms with van der Waals surface area (Å²) in [6.07, 6.45) is 7.72. The van der Waals surface area contributed by atoms with Crippen molar-refractivity contribution in [3.8, 4) is 0 Å². The molecule has 0 saturated carbocycles. The highest BCUT2D eigenvalue weighted by atomic mass is 14.1. The summed E-state index contributed by atoms with van der Waals surface area (Å²) in [6.45, 7) is 10.8. The maximum absolute atomic E-state index is 4.06. The fraction of sp³-hybridized carbons (Fsp3) is 0.833.